The number of hydrogen-bond acceptors (Lipinski definition) is 3. The van der Waals surface area contributed by atoms with E-state index in [1.165, 1.54) is 11.1 Å². The second-order valence-electron chi connectivity index (χ2n) is 6.33. The zero-order valence-corrected chi connectivity index (χ0v) is 15.3. The molecule has 134 valence electrons. The molecule has 0 radical (unpaired) electrons. The van der Waals surface area contributed by atoms with Gasteiger partial charge in [0.15, 0.2) is 5.96 Å². The molecule has 0 bridgehead atoms. The summed E-state index contributed by atoms with van der Waals surface area (Å²) in [5.74, 6) is 1.59. The Hall–Kier alpha value is -1.59. The predicted molar refractivity (Wildman–Crippen MR) is 98.4 cm³/mol. The Morgan fingerprint density at radius 3 is 3.00 bits per heavy atom. The number of benzene rings is 1. The summed E-state index contributed by atoms with van der Waals surface area (Å²) in [5, 5.41) is 3.42. The van der Waals surface area contributed by atoms with E-state index in [4.69, 9.17) is 14.5 Å². The molecule has 1 aliphatic heterocycles. The Bertz CT molecular complexity index is 519. The van der Waals surface area contributed by atoms with E-state index in [-0.39, 0.29) is 0 Å². The predicted octanol–water partition coefficient (Wildman–Crippen LogP) is 2.45. The standard InChI is InChI=1S/C19H31N3O2/c1-4-20-19(21-13-17-7-5-6-16(2)12-17)22-9-8-18(14-22)15-24-11-10-23-3/h5-7,12,18H,4,8-11,13-15H2,1-3H3,(H,20,21). The molecule has 0 spiro atoms. The summed E-state index contributed by atoms with van der Waals surface area (Å²) in [6.45, 7) is 10.0. The van der Waals surface area contributed by atoms with Crippen molar-refractivity contribution in [3.05, 3.63) is 35.4 Å². The molecule has 1 atom stereocenters. The topological polar surface area (TPSA) is 46.1 Å². The molecule has 1 fully saturated rings. The molecule has 1 unspecified atom stereocenters. The third-order valence-corrected chi connectivity index (χ3v) is 4.20. The summed E-state index contributed by atoms with van der Waals surface area (Å²) in [5.41, 5.74) is 2.53. The van der Waals surface area contributed by atoms with Crippen molar-refractivity contribution in [2.75, 3.05) is 46.6 Å². The number of methoxy groups -OCH3 is 1. The number of ether oxygens (including phenoxy) is 2. The van der Waals surface area contributed by atoms with Crippen LogP contribution in [-0.2, 0) is 16.0 Å². The molecule has 0 amide bonds. The minimum absolute atomic E-state index is 0.574. The highest BCUT2D eigenvalue weighted by molar-refractivity contribution is 5.80. The molecule has 0 aliphatic carbocycles. The fraction of sp³-hybridized carbons (Fsp3) is 0.632. The SMILES string of the molecule is CCNC(=NCc1cccc(C)c1)N1CCC(COCCOC)C1. The van der Waals surface area contributed by atoms with Crippen LogP contribution in [-0.4, -0.2) is 57.4 Å². The zero-order valence-electron chi connectivity index (χ0n) is 15.3. The average molecular weight is 333 g/mol. The Morgan fingerprint density at radius 2 is 2.25 bits per heavy atom. The second-order valence-corrected chi connectivity index (χ2v) is 6.33. The first kappa shape index (κ1) is 18.7. The highest BCUT2D eigenvalue weighted by atomic mass is 16.5. The minimum Gasteiger partial charge on any atom is -0.382 e. The molecule has 5 nitrogen and oxygen atoms in total. The van der Waals surface area contributed by atoms with Gasteiger partial charge in [-0.05, 0) is 25.8 Å². The van der Waals surface area contributed by atoms with Gasteiger partial charge in [-0.1, -0.05) is 29.8 Å². The van der Waals surface area contributed by atoms with Crippen LogP contribution in [0.25, 0.3) is 0 Å². The van der Waals surface area contributed by atoms with E-state index < -0.39 is 0 Å². The summed E-state index contributed by atoms with van der Waals surface area (Å²) >= 11 is 0. The van der Waals surface area contributed by atoms with Gasteiger partial charge < -0.3 is 19.7 Å². The lowest BCUT2D eigenvalue weighted by molar-refractivity contribution is 0.0536. The summed E-state index contributed by atoms with van der Waals surface area (Å²) in [7, 11) is 1.70. The molecule has 24 heavy (non-hydrogen) atoms. The number of aliphatic imine (C=N–C) groups is 1. The molecule has 0 aromatic heterocycles. The average Bonchev–Trinajstić information content (AvgIpc) is 3.04. The number of guanidine groups is 1. The number of aryl methyl sites for hydroxylation is 1. The van der Waals surface area contributed by atoms with Gasteiger partial charge in [-0.15, -0.1) is 0 Å². The molecule has 1 N–H and O–H groups in total. The Morgan fingerprint density at radius 1 is 1.38 bits per heavy atom. The van der Waals surface area contributed by atoms with Gasteiger partial charge in [0.2, 0.25) is 0 Å². The number of rotatable bonds is 8. The van der Waals surface area contributed by atoms with Crippen LogP contribution in [0.1, 0.15) is 24.5 Å². The molecule has 1 heterocycles. The number of nitrogens with zero attached hydrogens (tertiary/aromatic N) is 2. The van der Waals surface area contributed by atoms with Crippen molar-refractivity contribution in [2.24, 2.45) is 10.9 Å². The van der Waals surface area contributed by atoms with Crippen LogP contribution in [0.5, 0.6) is 0 Å². The Kier molecular flexibility index (Phi) is 8.05. The largest absolute Gasteiger partial charge is 0.382 e. The van der Waals surface area contributed by atoms with Gasteiger partial charge in [0, 0.05) is 32.7 Å². The van der Waals surface area contributed by atoms with Crippen LogP contribution in [0.3, 0.4) is 0 Å². The van der Waals surface area contributed by atoms with Gasteiger partial charge in [0.25, 0.3) is 0 Å². The van der Waals surface area contributed by atoms with Gasteiger partial charge in [0.05, 0.1) is 26.4 Å². The van der Waals surface area contributed by atoms with Gasteiger partial charge >= 0.3 is 0 Å². The van der Waals surface area contributed by atoms with Crippen molar-refractivity contribution < 1.29 is 9.47 Å². The molecule has 1 saturated heterocycles. The maximum absolute atomic E-state index is 5.68. The van der Waals surface area contributed by atoms with Crippen LogP contribution in [0, 0.1) is 12.8 Å². The van der Waals surface area contributed by atoms with Crippen LogP contribution in [0.15, 0.2) is 29.3 Å². The fourth-order valence-corrected chi connectivity index (χ4v) is 2.96. The highest BCUT2D eigenvalue weighted by Gasteiger charge is 2.24. The molecule has 2 rings (SSSR count). The zero-order chi connectivity index (χ0) is 17.2. The quantitative estimate of drug-likeness (QED) is 0.451. The maximum Gasteiger partial charge on any atom is 0.194 e. The van der Waals surface area contributed by atoms with Gasteiger partial charge in [0.1, 0.15) is 0 Å². The lowest BCUT2D eigenvalue weighted by Gasteiger charge is -2.21. The summed E-state index contributed by atoms with van der Waals surface area (Å²) in [6, 6.07) is 8.55. The van der Waals surface area contributed by atoms with Crippen molar-refractivity contribution in [2.45, 2.75) is 26.8 Å². The van der Waals surface area contributed by atoms with Crippen molar-refractivity contribution in [1.82, 2.24) is 10.2 Å². The Balaban J connectivity index is 1.87. The highest BCUT2D eigenvalue weighted by Crippen LogP contribution is 2.17. The molecular weight excluding hydrogens is 302 g/mol. The first-order valence-corrected chi connectivity index (χ1v) is 8.88. The van der Waals surface area contributed by atoms with Crippen LogP contribution in [0.4, 0.5) is 0 Å². The normalized spacial score (nSPS) is 18.2. The van der Waals surface area contributed by atoms with E-state index in [0.717, 1.165) is 45.2 Å². The van der Waals surface area contributed by atoms with Crippen molar-refractivity contribution in [1.29, 1.82) is 0 Å². The first-order chi connectivity index (χ1) is 11.7. The minimum atomic E-state index is 0.574. The van der Waals surface area contributed by atoms with Crippen LogP contribution >= 0.6 is 0 Å². The molecule has 5 heteroatoms. The molecule has 1 aliphatic rings. The number of nitrogens with one attached hydrogen (secondary N) is 1. The Labute approximate surface area is 146 Å². The third kappa shape index (κ3) is 6.13. The first-order valence-electron chi connectivity index (χ1n) is 8.88. The molecule has 1 aromatic rings. The van der Waals surface area contributed by atoms with E-state index in [0.29, 0.717) is 19.1 Å². The monoisotopic (exact) mass is 333 g/mol. The van der Waals surface area contributed by atoms with Crippen LogP contribution < -0.4 is 5.32 Å². The van der Waals surface area contributed by atoms with E-state index in [1.54, 1.807) is 7.11 Å². The fourth-order valence-electron chi connectivity index (χ4n) is 2.96. The third-order valence-electron chi connectivity index (χ3n) is 4.20. The van der Waals surface area contributed by atoms with E-state index in [1.807, 2.05) is 0 Å². The maximum atomic E-state index is 5.68. The lowest BCUT2D eigenvalue weighted by Crippen LogP contribution is -2.40. The number of likely N-dealkylation sites (tertiary alicyclic amines) is 1. The summed E-state index contributed by atoms with van der Waals surface area (Å²) in [4.78, 5) is 7.17. The summed E-state index contributed by atoms with van der Waals surface area (Å²) in [6.07, 6.45) is 1.15. The van der Waals surface area contributed by atoms with Crippen molar-refractivity contribution in [3.63, 3.8) is 0 Å². The van der Waals surface area contributed by atoms with E-state index >= 15 is 0 Å². The summed E-state index contributed by atoms with van der Waals surface area (Å²) < 4.78 is 10.7. The smallest absolute Gasteiger partial charge is 0.194 e. The lowest BCUT2D eigenvalue weighted by atomic mass is 10.1. The van der Waals surface area contributed by atoms with Gasteiger partial charge in [-0.2, -0.15) is 0 Å². The van der Waals surface area contributed by atoms with Crippen LogP contribution in [0.2, 0.25) is 0 Å². The second kappa shape index (κ2) is 10.3. The van der Waals surface area contributed by atoms with Gasteiger partial charge in [-0.3, -0.25) is 0 Å². The van der Waals surface area contributed by atoms with E-state index in [9.17, 15) is 0 Å². The van der Waals surface area contributed by atoms with Crippen molar-refractivity contribution >= 4 is 5.96 Å². The number of hydrogen-bond donors (Lipinski definition) is 1. The van der Waals surface area contributed by atoms with E-state index in [2.05, 4.69) is 48.3 Å². The molecular formula is C19H31N3O2. The van der Waals surface area contributed by atoms with Crippen molar-refractivity contribution in [3.8, 4) is 0 Å². The molecule has 1 aromatic carbocycles. The molecule has 0 saturated carbocycles. The van der Waals surface area contributed by atoms with Gasteiger partial charge in [-0.25, -0.2) is 4.99 Å².